The van der Waals surface area contributed by atoms with Gasteiger partial charge in [-0.3, -0.25) is 4.79 Å². The molecular weight excluding hydrogens is 230 g/mol. The average Bonchev–Trinajstić information content (AvgIpc) is 2.56. The summed E-state index contributed by atoms with van der Waals surface area (Å²) in [6, 6.07) is 7.87. The number of para-hydroxylation sites is 1. The molecule has 1 aromatic carbocycles. The van der Waals surface area contributed by atoms with E-state index in [0.717, 1.165) is 11.3 Å². The number of aliphatic hydroxyl groups is 1. The summed E-state index contributed by atoms with van der Waals surface area (Å²) in [5.41, 5.74) is 1.57. The molecule has 0 saturated carbocycles. The van der Waals surface area contributed by atoms with Crippen LogP contribution in [0.5, 0.6) is 0 Å². The fraction of sp³-hybridized carbons (Fsp3) is 0.500. The van der Waals surface area contributed by atoms with Crippen LogP contribution in [0.3, 0.4) is 0 Å². The number of rotatable bonds is 5. The number of fused-ring (bicyclic) bond motifs is 1. The Hall–Kier alpha value is -1.39. The SMILES string of the molecule is CC1(C)C(=O)N(CCOCCO)c2ccccc21. The highest BCUT2D eigenvalue weighted by Crippen LogP contribution is 2.40. The van der Waals surface area contributed by atoms with Crippen LogP contribution in [0.25, 0.3) is 0 Å². The summed E-state index contributed by atoms with van der Waals surface area (Å²) in [5.74, 6) is 0.108. The molecule has 0 spiro atoms. The highest BCUT2D eigenvalue weighted by atomic mass is 16.5. The van der Waals surface area contributed by atoms with Crippen LogP contribution >= 0.6 is 0 Å². The summed E-state index contributed by atoms with van der Waals surface area (Å²) in [6.07, 6.45) is 0. The van der Waals surface area contributed by atoms with Gasteiger partial charge in [-0.2, -0.15) is 0 Å². The van der Waals surface area contributed by atoms with Crippen molar-refractivity contribution in [2.45, 2.75) is 19.3 Å². The number of benzene rings is 1. The number of hydrogen-bond acceptors (Lipinski definition) is 3. The Balaban J connectivity index is 2.15. The van der Waals surface area contributed by atoms with Gasteiger partial charge in [0.25, 0.3) is 0 Å². The van der Waals surface area contributed by atoms with Crippen molar-refractivity contribution in [1.29, 1.82) is 0 Å². The monoisotopic (exact) mass is 249 g/mol. The Kier molecular flexibility index (Phi) is 3.68. The Bertz CT molecular complexity index is 442. The van der Waals surface area contributed by atoms with Gasteiger partial charge in [0.05, 0.1) is 25.2 Å². The van der Waals surface area contributed by atoms with Crippen molar-refractivity contribution in [1.82, 2.24) is 0 Å². The maximum atomic E-state index is 12.4. The average molecular weight is 249 g/mol. The molecule has 0 saturated heterocycles. The Morgan fingerprint density at radius 3 is 2.72 bits per heavy atom. The predicted octanol–water partition coefficient (Wildman–Crippen LogP) is 1.32. The van der Waals surface area contributed by atoms with Gasteiger partial charge < -0.3 is 14.7 Å². The molecule has 0 unspecified atom stereocenters. The standard InChI is InChI=1S/C14H19NO3/c1-14(2)11-5-3-4-6-12(11)15(13(14)17)7-9-18-10-8-16/h3-6,16H,7-10H2,1-2H3. The molecule has 98 valence electrons. The number of carbonyl (C=O) groups excluding carboxylic acids is 1. The van der Waals surface area contributed by atoms with Gasteiger partial charge in [0.2, 0.25) is 5.91 Å². The van der Waals surface area contributed by atoms with E-state index in [2.05, 4.69) is 0 Å². The minimum absolute atomic E-state index is 0.00995. The largest absolute Gasteiger partial charge is 0.394 e. The van der Waals surface area contributed by atoms with Gasteiger partial charge >= 0.3 is 0 Å². The quantitative estimate of drug-likeness (QED) is 0.801. The van der Waals surface area contributed by atoms with E-state index in [0.29, 0.717) is 19.8 Å². The van der Waals surface area contributed by atoms with Gasteiger partial charge in [-0.05, 0) is 25.5 Å². The van der Waals surface area contributed by atoms with E-state index in [-0.39, 0.29) is 12.5 Å². The minimum Gasteiger partial charge on any atom is -0.394 e. The minimum atomic E-state index is -0.465. The third kappa shape index (κ3) is 2.13. The van der Waals surface area contributed by atoms with Gasteiger partial charge in [-0.1, -0.05) is 18.2 Å². The van der Waals surface area contributed by atoms with E-state index >= 15 is 0 Å². The first kappa shape index (κ1) is 13.1. The molecule has 18 heavy (non-hydrogen) atoms. The number of carbonyl (C=O) groups is 1. The Morgan fingerprint density at radius 2 is 2.00 bits per heavy atom. The molecule has 4 nitrogen and oxygen atoms in total. The van der Waals surface area contributed by atoms with Gasteiger partial charge in [-0.15, -0.1) is 0 Å². The van der Waals surface area contributed by atoms with Crippen LogP contribution in [0, 0.1) is 0 Å². The number of anilines is 1. The van der Waals surface area contributed by atoms with E-state index in [4.69, 9.17) is 9.84 Å². The Morgan fingerprint density at radius 1 is 1.28 bits per heavy atom. The van der Waals surface area contributed by atoms with Crippen LogP contribution in [0.2, 0.25) is 0 Å². The van der Waals surface area contributed by atoms with Crippen LogP contribution in [-0.4, -0.2) is 37.4 Å². The lowest BCUT2D eigenvalue weighted by Gasteiger charge is -2.20. The molecular formula is C14H19NO3. The molecule has 0 radical (unpaired) electrons. The third-order valence-corrected chi connectivity index (χ3v) is 3.34. The number of nitrogens with zero attached hydrogens (tertiary/aromatic N) is 1. The first-order chi connectivity index (χ1) is 8.59. The van der Waals surface area contributed by atoms with Crippen LogP contribution in [0.15, 0.2) is 24.3 Å². The molecule has 0 fully saturated rings. The molecule has 0 atom stereocenters. The van der Waals surface area contributed by atoms with Gasteiger partial charge in [0.15, 0.2) is 0 Å². The van der Waals surface area contributed by atoms with Gasteiger partial charge in [0.1, 0.15) is 0 Å². The number of amides is 1. The number of hydrogen-bond donors (Lipinski definition) is 1. The Labute approximate surface area is 107 Å². The third-order valence-electron chi connectivity index (χ3n) is 3.34. The fourth-order valence-electron chi connectivity index (χ4n) is 2.34. The van der Waals surface area contributed by atoms with Gasteiger partial charge in [0, 0.05) is 12.2 Å². The van der Waals surface area contributed by atoms with Crippen molar-refractivity contribution in [2.75, 3.05) is 31.3 Å². The van der Waals surface area contributed by atoms with Crippen molar-refractivity contribution in [3.63, 3.8) is 0 Å². The summed E-state index contributed by atoms with van der Waals surface area (Å²) in [4.78, 5) is 14.1. The summed E-state index contributed by atoms with van der Waals surface area (Å²) < 4.78 is 5.23. The molecule has 4 heteroatoms. The molecule has 2 rings (SSSR count). The highest BCUT2D eigenvalue weighted by Gasteiger charge is 2.43. The molecule has 1 aromatic rings. The lowest BCUT2D eigenvalue weighted by atomic mass is 9.86. The van der Waals surface area contributed by atoms with Crippen LogP contribution < -0.4 is 4.90 Å². The second-order valence-corrected chi connectivity index (χ2v) is 4.93. The van der Waals surface area contributed by atoms with Crippen molar-refractivity contribution < 1.29 is 14.6 Å². The number of aliphatic hydroxyl groups excluding tert-OH is 1. The highest BCUT2D eigenvalue weighted by molar-refractivity contribution is 6.07. The zero-order valence-corrected chi connectivity index (χ0v) is 10.8. The maximum absolute atomic E-state index is 12.4. The summed E-state index contributed by atoms with van der Waals surface area (Å²) >= 11 is 0. The molecule has 1 aliphatic heterocycles. The van der Waals surface area contributed by atoms with E-state index in [1.165, 1.54) is 0 Å². The molecule has 0 aromatic heterocycles. The molecule has 0 aliphatic carbocycles. The predicted molar refractivity (Wildman–Crippen MR) is 69.7 cm³/mol. The second kappa shape index (κ2) is 5.08. The molecule has 1 aliphatic rings. The molecule has 0 bridgehead atoms. The summed E-state index contributed by atoms with van der Waals surface area (Å²) in [7, 11) is 0. The first-order valence-electron chi connectivity index (χ1n) is 6.19. The fourth-order valence-corrected chi connectivity index (χ4v) is 2.34. The van der Waals surface area contributed by atoms with Crippen LogP contribution in [0.4, 0.5) is 5.69 Å². The summed E-state index contributed by atoms with van der Waals surface area (Å²) in [5, 5.41) is 8.65. The van der Waals surface area contributed by atoms with E-state index in [9.17, 15) is 4.79 Å². The topological polar surface area (TPSA) is 49.8 Å². The molecule has 1 N–H and O–H groups in total. The van der Waals surface area contributed by atoms with Crippen molar-refractivity contribution in [2.24, 2.45) is 0 Å². The van der Waals surface area contributed by atoms with Crippen LogP contribution in [0.1, 0.15) is 19.4 Å². The normalized spacial score (nSPS) is 17.1. The maximum Gasteiger partial charge on any atom is 0.237 e. The first-order valence-corrected chi connectivity index (χ1v) is 6.19. The van der Waals surface area contributed by atoms with Gasteiger partial charge in [-0.25, -0.2) is 0 Å². The van der Waals surface area contributed by atoms with Crippen molar-refractivity contribution in [3.8, 4) is 0 Å². The van der Waals surface area contributed by atoms with Crippen LogP contribution in [-0.2, 0) is 14.9 Å². The number of ether oxygens (including phenoxy) is 1. The van der Waals surface area contributed by atoms with E-state index in [1.807, 2.05) is 38.1 Å². The molecule has 1 amide bonds. The lowest BCUT2D eigenvalue weighted by Crippen LogP contribution is -2.38. The van der Waals surface area contributed by atoms with E-state index < -0.39 is 5.41 Å². The second-order valence-electron chi connectivity index (χ2n) is 4.93. The van der Waals surface area contributed by atoms with E-state index in [1.54, 1.807) is 4.90 Å². The zero-order chi connectivity index (χ0) is 13.2. The lowest BCUT2D eigenvalue weighted by molar-refractivity contribution is -0.122. The smallest absolute Gasteiger partial charge is 0.237 e. The zero-order valence-electron chi connectivity index (χ0n) is 10.8. The summed E-state index contributed by atoms with van der Waals surface area (Å²) in [6.45, 7) is 5.19. The molecule has 1 heterocycles. The van der Waals surface area contributed by atoms with Crippen molar-refractivity contribution >= 4 is 11.6 Å². The van der Waals surface area contributed by atoms with Crippen molar-refractivity contribution in [3.05, 3.63) is 29.8 Å².